The first-order chi connectivity index (χ1) is 28.4. The lowest BCUT2D eigenvalue weighted by atomic mass is 9.99. The molecule has 0 aliphatic rings. The van der Waals surface area contributed by atoms with E-state index < -0.39 is 24.3 Å². The molecule has 0 bridgehead atoms. The molecule has 60 heavy (non-hydrogen) atoms. The number of imidazole rings is 2. The second-order valence-electron chi connectivity index (χ2n) is 16.5. The molecule has 2 aromatic heterocycles. The summed E-state index contributed by atoms with van der Waals surface area (Å²) in [5.41, 5.74) is 4.96. The standard InChI is InChI=1S/C46H62N8O6/c1-27(2)31(9)53(43(55)39(29(5)6)51-45(57)59-11)25-37-23-47-41(49-37)35-19-15-33(16-20-35)13-14-34-17-21-36(22-18-34)42-48-24-38(50-42)26-54(32(10)28(3)4)44(56)40(30(7)8)52-46(58)60-12/h15-24,27-32,39-40H,25-26H2,1-12H3,(H,47,49)(H,48,50)(H,51,57)(H,52,58)/t31-,32?,39?,40?/m1/s1. The molecule has 0 radical (unpaired) electrons. The first kappa shape index (κ1) is 46.6. The molecule has 4 rings (SSSR count). The van der Waals surface area contributed by atoms with Crippen LogP contribution in [0.1, 0.15) is 91.8 Å². The number of benzene rings is 2. The fourth-order valence-corrected chi connectivity index (χ4v) is 6.43. The van der Waals surface area contributed by atoms with Crippen molar-refractivity contribution in [2.24, 2.45) is 23.7 Å². The van der Waals surface area contributed by atoms with Gasteiger partial charge in [-0.15, -0.1) is 0 Å². The Bertz CT molecular complexity index is 1960. The van der Waals surface area contributed by atoms with E-state index >= 15 is 0 Å². The van der Waals surface area contributed by atoms with E-state index in [0.29, 0.717) is 24.7 Å². The zero-order chi connectivity index (χ0) is 44.3. The van der Waals surface area contributed by atoms with Gasteiger partial charge in [-0.1, -0.05) is 91.5 Å². The Labute approximate surface area is 354 Å². The number of rotatable bonds is 16. The van der Waals surface area contributed by atoms with Crippen LogP contribution in [0.3, 0.4) is 0 Å². The molecule has 0 aliphatic carbocycles. The topological polar surface area (TPSA) is 175 Å². The Morgan fingerprint density at radius 3 is 1.18 bits per heavy atom. The Balaban J connectivity index is 1.43. The number of H-pyrrole nitrogens is 2. The van der Waals surface area contributed by atoms with Crippen LogP contribution in [0, 0.1) is 35.5 Å². The van der Waals surface area contributed by atoms with E-state index in [1.807, 2.05) is 90.1 Å². The molecule has 3 unspecified atom stereocenters. The molecule has 2 aromatic carbocycles. The molecule has 0 saturated carbocycles. The van der Waals surface area contributed by atoms with E-state index in [9.17, 15) is 19.2 Å². The summed E-state index contributed by atoms with van der Waals surface area (Å²) in [5.74, 6) is 7.52. The zero-order valence-electron chi connectivity index (χ0n) is 37.0. The number of methoxy groups -OCH3 is 2. The number of aromatic nitrogens is 4. The number of alkyl carbamates (subject to hydrolysis) is 2. The summed E-state index contributed by atoms with van der Waals surface area (Å²) < 4.78 is 9.56. The van der Waals surface area contributed by atoms with Crippen molar-refractivity contribution in [3.63, 3.8) is 0 Å². The summed E-state index contributed by atoms with van der Waals surface area (Å²) in [4.78, 5) is 71.2. The number of hydrogen-bond donors (Lipinski definition) is 4. The van der Waals surface area contributed by atoms with Gasteiger partial charge in [0.2, 0.25) is 11.8 Å². The monoisotopic (exact) mass is 822 g/mol. The van der Waals surface area contributed by atoms with Crippen LogP contribution in [0.15, 0.2) is 60.9 Å². The fraction of sp³-hybridized carbons (Fsp3) is 0.478. The zero-order valence-corrected chi connectivity index (χ0v) is 37.0. The fourth-order valence-electron chi connectivity index (χ4n) is 6.43. The average molecular weight is 823 g/mol. The summed E-state index contributed by atoms with van der Waals surface area (Å²) in [6.07, 6.45) is 2.19. The highest BCUT2D eigenvalue weighted by atomic mass is 16.5. The van der Waals surface area contributed by atoms with Gasteiger partial charge < -0.3 is 39.9 Å². The highest BCUT2D eigenvalue weighted by Crippen LogP contribution is 2.23. The van der Waals surface area contributed by atoms with Crippen LogP contribution in [0.25, 0.3) is 22.8 Å². The van der Waals surface area contributed by atoms with Crippen LogP contribution >= 0.6 is 0 Å². The quantitative estimate of drug-likeness (QED) is 0.0848. The third kappa shape index (κ3) is 12.2. The van der Waals surface area contributed by atoms with E-state index in [2.05, 4.69) is 70.1 Å². The number of amides is 4. The van der Waals surface area contributed by atoms with E-state index in [4.69, 9.17) is 9.47 Å². The summed E-state index contributed by atoms with van der Waals surface area (Å²) in [5, 5.41) is 5.40. The SMILES string of the molecule is COC(=O)NC(C(=O)N(Cc1cnc(-c2ccc(C#Cc3ccc(-c4ncc(CN(C(=O)C(NC(=O)OC)C(C)C)[C@H](C)C(C)C)[nH]4)cc3)cc2)[nH]1)C(C)C(C)C)C(C)C. The summed E-state index contributed by atoms with van der Waals surface area (Å²) in [6.45, 7) is 20.4. The predicted octanol–water partition coefficient (Wildman–Crippen LogP) is 7.37. The first-order valence-corrected chi connectivity index (χ1v) is 20.5. The Morgan fingerprint density at radius 2 is 0.900 bits per heavy atom. The molecule has 4 N–H and O–H groups in total. The molecule has 14 nitrogen and oxygen atoms in total. The minimum atomic E-state index is -0.736. The van der Waals surface area contributed by atoms with Crippen molar-refractivity contribution in [3.05, 3.63) is 83.4 Å². The maximum atomic E-state index is 13.8. The van der Waals surface area contributed by atoms with Crippen molar-refractivity contribution in [2.75, 3.05) is 14.2 Å². The molecule has 0 fully saturated rings. The molecular formula is C46H62N8O6. The van der Waals surface area contributed by atoms with Crippen molar-refractivity contribution in [1.29, 1.82) is 0 Å². The first-order valence-electron chi connectivity index (χ1n) is 20.5. The van der Waals surface area contributed by atoms with Gasteiger partial charge in [-0.2, -0.15) is 0 Å². The third-order valence-corrected chi connectivity index (χ3v) is 10.9. The van der Waals surface area contributed by atoms with Gasteiger partial charge in [0.1, 0.15) is 23.7 Å². The number of hydrogen-bond acceptors (Lipinski definition) is 8. The number of nitrogens with one attached hydrogen (secondary N) is 4. The van der Waals surface area contributed by atoms with Crippen LogP contribution in [-0.2, 0) is 32.2 Å². The van der Waals surface area contributed by atoms with Gasteiger partial charge in [0.25, 0.3) is 0 Å². The molecule has 0 aliphatic heterocycles. The molecule has 4 atom stereocenters. The maximum absolute atomic E-state index is 13.8. The third-order valence-electron chi connectivity index (χ3n) is 10.9. The van der Waals surface area contributed by atoms with Gasteiger partial charge in [-0.05, 0) is 61.8 Å². The Morgan fingerprint density at radius 1 is 0.567 bits per heavy atom. The molecule has 14 heteroatoms. The van der Waals surface area contributed by atoms with Gasteiger partial charge in [-0.3, -0.25) is 9.59 Å². The van der Waals surface area contributed by atoms with Crippen molar-refractivity contribution < 1.29 is 28.7 Å². The van der Waals surface area contributed by atoms with Crippen LogP contribution in [0.5, 0.6) is 0 Å². The van der Waals surface area contributed by atoms with Crippen LogP contribution in [0.2, 0.25) is 0 Å². The van der Waals surface area contributed by atoms with Crippen molar-refractivity contribution >= 4 is 24.0 Å². The second kappa shape index (κ2) is 21.2. The maximum Gasteiger partial charge on any atom is 0.407 e. The molecule has 0 spiro atoms. The largest absolute Gasteiger partial charge is 0.453 e. The molecule has 0 saturated heterocycles. The average Bonchev–Trinajstić information content (AvgIpc) is 3.91. The van der Waals surface area contributed by atoms with Gasteiger partial charge in [0.05, 0.1) is 51.1 Å². The van der Waals surface area contributed by atoms with E-state index in [1.54, 1.807) is 22.2 Å². The predicted molar refractivity (Wildman–Crippen MR) is 232 cm³/mol. The van der Waals surface area contributed by atoms with Gasteiger partial charge in [0.15, 0.2) is 0 Å². The molecule has 322 valence electrons. The van der Waals surface area contributed by atoms with Crippen molar-refractivity contribution in [2.45, 2.75) is 106 Å². The lowest BCUT2D eigenvalue weighted by Crippen LogP contribution is -2.54. The highest BCUT2D eigenvalue weighted by Gasteiger charge is 2.34. The number of carbonyl (C=O) groups excluding carboxylic acids is 4. The normalized spacial score (nSPS) is 13.3. The summed E-state index contributed by atoms with van der Waals surface area (Å²) in [7, 11) is 2.56. The van der Waals surface area contributed by atoms with Crippen LogP contribution < -0.4 is 10.6 Å². The number of ether oxygens (including phenoxy) is 2. The highest BCUT2D eigenvalue weighted by molar-refractivity contribution is 5.87. The van der Waals surface area contributed by atoms with Gasteiger partial charge >= 0.3 is 12.2 Å². The molecule has 2 heterocycles. The van der Waals surface area contributed by atoms with E-state index in [1.165, 1.54) is 14.2 Å². The van der Waals surface area contributed by atoms with Gasteiger partial charge in [-0.25, -0.2) is 19.6 Å². The lowest BCUT2D eigenvalue weighted by Gasteiger charge is -2.35. The smallest absolute Gasteiger partial charge is 0.407 e. The number of nitrogens with zero attached hydrogens (tertiary/aromatic N) is 4. The van der Waals surface area contributed by atoms with Crippen molar-refractivity contribution in [1.82, 2.24) is 40.4 Å². The molecule has 4 aromatic rings. The number of aromatic amines is 2. The van der Waals surface area contributed by atoms with Crippen molar-refractivity contribution in [3.8, 4) is 34.6 Å². The lowest BCUT2D eigenvalue weighted by molar-refractivity contribution is -0.139. The minimum Gasteiger partial charge on any atom is -0.453 e. The number of carbonyl (C=O) groups is 4. The Kier molecular flexibility index (Phi) is 16.5. The van der Waals surface area contributed by atoms with Crippen LogP contribution in [0.4, 0.5) is 9.59 Å². The minimum absolute atomic E-state index is 0.0988. The molecular weight excluding hydrogens is 761 g/mol. The van der Waals surface area contributed by atoms with E-state index in [0.717, 1.165) is 33.6 Å². The summed E-state index contributed by atoms with van der Waals surface area (Å²) in [6, 6.07) is 13.9. The van der Waals surface area contributed by atoms with Gasteiger partial charge in [0, 0.05) is 34.3 Å². The summed E-state index contributed by atoms with van der Waals surface area (Å²) >= 11 is 0. The second-order valence-corrected chi connectivity index (χ2v) is 16.5. The Hall–Kier alpha value is -6.10. The molecule has 4 amide bonds. The van der Waals surface area contributed by atoms with E-state index in [-0.39, 0.29) is 47.6 Å². The van der Waals surface area contributed by atoms with Crippen LogP contribution in [-0.4, -0.2) is 92.1 Å².